The summed E-state index contributed by atoms with van der Waals surface area (Å²) in [5.41, 5.74) is 2.46. The lowest BCUT2D eigenvalue weighted by Crippen LogP contribution is -2.43. The number of halogens is 1. The van der Waals surface area contributed by atoms with Gasteiger partial charge in [-0.25, -0.2) is 4.79 Å². The van der Waals surface area contributed by atoms with Crippen molar-refractivity contribution < 1.29 is 14.4 Å². The van der Waals surface area contributed by atoms with Gasteiger partial charge in [0.05, 0.1) is 0 Å². The van der Waals surface area contributed by atoms with Gasteiger partial charge in [0.25, 0.3) is 5.91 Å². The van der Waals surface area contributed by atoms with E-state index >= 15 is 0 Å². The standard InChI is InChI=1S/C20H18IN3O3/c1-12-10-14(21)6-7-16(12)22-17(25)11-24-18(26)20(23-19(24)27)9-8-13-4-2-3-5-15(13)20/h2-7,10H,8-9,11H2,1H3,(H,22,25)(H,23,27)/t20-/m1/s1. The molecule has 0 saturated carbocycles. The van der Waals surface area contributed by atoms with Gasteiger partial charge in [0, 0.05) is 9.26 Å². The highest BCUT2D eigenvalue weighted by Gasteiger charge is 2.55. The molecule has 6 nitrogen and oxygen atoms in total. The van der Waals surface area contributed by atoms with Crippen LogP contribution in [-0.2, 0) is 21.5 Å². The number of anilines is 1. The summed E-state index contributed by atoms with van der Waals surface area (Å²) in [6.07, 6.45) is 1.25. The monoisotopic (exact) mass is 475 g/mol. The Hall–Kier alpha value is -2.42. The Morgan fingerprint density at radius 3 is 2.81 bits per heavy atom. The molecule has 7 heteroatoms. The van der Waals surface area contributed by atoms with Crippen LogP contribution in [0.3, 0.4) is 0 Å². The molecule has 1 fully saturated rings. The molecule has 0 bridgehead atoms. The van der Waals surface area contributed by atoms with Gasteiger partial charge in [-0.05, 0) is 77.2 Å². The van der Waals surface area contributed by atoms with E-state index in [1.54, 1.807) is 0 Å². The predicted octanol–water partition coefficient (Wildman–Crippen LogP) is 2.93. The number of nitrogens with zero attached hydrogens (tertiary/aromatic N) is 1. The van der Waals surface area contributed by atoms with Crippen molar-refractivity contribution >= 4 is 46.1 Å². The summed E-state index contributed by atoms with van der Waals surface area (Å²) in [6, 6.07) is 12.8. The fourth-order valence-corrected chi connectivity index (χ4v) is 4.48. The average Bonchev–Trinajstić information content (AvgIpc) is 3.11. The zero-order valence-electron chi connectivity index (χ0n) is 14.7. The summed E-state index contributed by atoms with van der Waals surface area (Å²) in [5.74, 6) is -0.752. The third-order valence-electron chi connectivity index (χ3n) is 5.19. The average molecular weight is 475 g/mol. The molecule has 2 aromatic carbocycles. The van der Waals surface area contributed by atoms with Gasteiger partial charge in [0.15, 0.2) is 0 Å². The molecule has 138 valence electrons. The van der Waals surface area contributed by atoms with Crippen molar-refractivity contribution in [3.63, 3.8) is 0 Å². The van der Waals surface area contributed by atoms with Crippen LogP contribution in [0.25, 0.3) is 0 Å². The molecule has 2 aliphatic rings. The number of nitrogens with one attached hydrogen (secondary N) is 2. The van der Waals surface area contributed by atoms with E-state index in [2.05, 4.69) is 33.2 Å². The highest BCUT2D eigenvalue weighted by Crippen LogP contribution is 2.41. The van der Waals surface area contributed by atoms with Gasteiger partial charge in [-0.2, -0.15) is 0 Å². The number of benzene rings is 2. The lowest BCUT2D eigenvalue weighted by Gasteiger charge is -2.22. The fourth-order valence-electron chi connectivity index (χ4n) is 3.83. The first kappa shape index (κ1) is 18.0. The maximum absolute atomic E-state index is 13.1. The SMILES string of the molecule is Cc1cc(I)ccc1NC(=O)CN1C(=O)N[C@@]2(CCc3ccccc32)C1=O. The number of imide groups is 1. The molecule has 1 heterocycles. The molecule has 4 rings (SSSR count). The van der Waals surface area contributed by atoms with Crippen molar-refractivity contribution in [2.24, 2.45) is 0 Å². The highest BCUT2D eigenvalue weighted by atomic mass is 127. The molecule has 2 N–H and O–H groups in total. The van der Waals surface area contributed by atoms with Crippen LogP contribution in [0.4, 0.5) is 10.5 Å². The van der Waals surface area contributed by atoms with Crippen molar-refractivity contribution in [1.29, 1.82) is 0 Å². The Morgan fingerprint density at radius 2 is 2.04 bits per heavy atom. The number of carbonyl (C=O) groups excluding carboxylic acids is 3. The fraction of sp³-hybridized carbons (Fsp3) is 0.250. The van der Waals surface area contributed by atoms with Crippen LogP contribution in [0.1, 0.15) is 23.1 Å². The van der Waals surface area contributed by atoms with Crippen LogP contribution in [0.2, 0.25) is 0 Å². The molecule has 0 aromatic heterocycles. The molecular formula is C20H18IN3O3. The normalized spacial score (nSPS) is 20.7. The van der Waals surface area contributed by atoms with Crippen LogP contribution in [0.5, 0.6) is 0 Å². The summed E-state index contributed by atoms with van der Waals surface area (Å²) in [5, 5.41) is 5.62. The maximum atomic E-state index is 13.1. The first-order valence-corrected chi connectivity index (χ1v) is 9.77. The summed E-state index contributed by atoms with van der Waals surface area (Å²) in [4.78, 5) is 39.0. The number of rotatable bonds is 3. The lowest BCUT2D eigenvalue weighted by atomic mass is 9.92. The number of hydrogen-bond acceptors (Lipinski definition) is 3. The van der Waals surface area contributed by atoms with E-state index in [0.29, 0.717) is 12.1 Å². The quantitative estimate of drug-likeness (QED) is 0.530. The van der Waals surface area contributed by atoms with Gasteiger partial charge >= 0.3 is 6.03 Å². The van der Waals surface area contributed by atoms with E-state index in [4.69, 9.17) is 0 Å². The van der Waals surface area contributed by atoms with Gasteiger partial charge in [-0.1, -0.05) is 24.3 Å². The molecule has 1 aliphatic heterocycles. The maximum Gasteiger partial charge on any atom is 0.325 e. The second-order valence-electron chi connectivity index (χ2n) is 6.89. The summed E-state index contributed by atoms with van der Waals surface area (Å²) in [6.45, 7) is 1.59. The van der Waals surface area contributed by atoms with Gasteiger partial charge in [0.1, 0.15) is 12.1 Å². The van der Waals surface area contributed by atoms with E-state index in [9.17, 15) is 14.4 Å². The van der Waals surface area contributed by atoms with Crippen molar-refractivity contribution in [3.05, 3.63) is 62.7 Å². The zero-order valence-corrected chi connectivity index (χ0v) is 16.9. The number of carbonyl (C=O) groups is 3. The van der Waals surface area contributed by atoms with E-state index in [1.165, 1.54) is 0 Å². The topological polar surface area (TPSA) is 78.5 Å². The van der Waals surface area contributed by atoms with E-state index < -0.39 is 17.5 Å². The summed E-state index contributed by atoms with van der Waals surface area (Å²) < 4.78 is 1.07. The van der Waals surface area contributed by atoms with Crippen molar-refractivity contribution in [1.82, 2.24) is 10.2 Å². The smallest absolute Gasteiger partial charge is 0.324 e. The van der Waals surface area contributed by atoms with Crippen molar-refractivity contribution in [3.8, 4) is 0 Å². The molecule has 0 radical (unpaired) electrons. The third kappa shape index (κ3) is 2.99. The van der Waals surface area contributed by atoms with Crippen molar-refractivity contribution in [2.75, 3.05) is 11.9 Å². The number of amides is 4. The third-order valence-corrected chi connectivity index (χ3v) is 5.86. The Morgan fingerprint density at radius 1 is 1.26 bits per heavy atom. The largest absolute Gasteiger partial charge is 0.325 e. The molecule has 1 aliphatic carbocycles. The van der Waals surface area contributed by atoms with E-state index in [-0.39, 0.29) is 12.5 Å². The molecule has 27 heavy (non-hydrogen) atoms. The van der Waals surface area contributed by atoms with Crippen molar-refractivity contribution in [2.45, 2.75) is 25.3 Å². The lowest BCUT2D eigenvalue weighted by molar-refractivity contribution is -0.134. The molecule has 2 aromatic rings. The second-order valence-corrected chi connectivity index (χ2v) is 8.14. The van der Waals surface area contributed by atoms with Crippen LogP contribution in [-0.4, -0.2) is 29.3 Å². The second kappa shape index (κ2) is 6.63. The molecular weight excluding hydrogens is 457 g/mol. The molecule has 1 atom stereocenters. The highest BCUT2D eigenvalue weighted by molar-refractivity contribution is 14.1. The molecule has 1 spiro atoms. The number of hydrogen-bond donors (Lipinski definition) is 2. The Labute approximate surface area is 170 Å². The van der Waals surface area contributed by atoms with Crippen LogP contribution in [0.15, 0.2) is 42.5 Å². The first-order valence-electron chi connectivity index (χ1n) is 8.69. The Balaban J connectivity index is 1.53. The number of fused-ring (bicyclic) bond motifs is 2. The number of urea groups is 1. The van der Waals surface area contributed by atoms with Crippen LogP contribution < -0.4 is 10.6 Å². The molecule has 4 amide bonds. The minimum atomic E-state index is -1.03. The van der Waals surface area contributed by atoms with E-state index in [0.717, 1.165) is 31.6 Å². The molecule has 0 unspecified atom stereocenters. The van der Waals surface area contributed by atoms with E-state index in [1.807, 2.05) is 49.4 Å². The van der Waals surface area contributed by atoms with Gasteiger partial charge in [0.2, 0.25) is 5.91 Å². The minimum absolute atomic E-state index is 0.306. The predicted molar refractivity (Wildman–Crippen MR) is 109 cm³/mol. The Bertz CT molecular complexity index is 975. The van der Waals surface area contributed by atoms with Crippen LogP contribution >= 0.6 is 22.6 Å². The van der Waals surface area contributed by atoms with Crippen LogP contribution in [0, 0.1) is 10.5 Å². The van der Waals surface area contributed by atoms with Gasteiger partial charge in [-0.3, -0.25) is 14.5 Å². The molecule has 1 saturated heterocycles. The number of aryl methyl sites for hydroxylation is 2. The minimum Gasteiger partial charge on any atom is -0.324 e. The summed E-state index contributed by atoms with van der Waals surface area (Å²) in [7, 11) is 0. The van der Waals surface area contributed by atoms with Gasteiger partial charge in [-0.15, -0.1) is 0 Å². The zero-order chi connectivity index (χ0) is 19.2. The summed E-state index contributed by atoms with van der Waals surface area (Å²) >= 11 is 2.20. The Kier molecular flexibility index (Phi) is 4.41. The van der Waals surface area contributed by atoms with Gasteiger partial charge < -0.3 is 10.6 Å². The first-order chi connectivity index (χ1) is 12.9.